The summed E-state index contributed by atoms with van der Waals surface area (Å²) in [6.07, 6.45) is 3.40. The number of methoxy groups -OCH3 is 1. The highest BCUT2D eigenvalue weighted by Gasteiger charge is 2.23. The van der Waals surface area contributed by atoms with E-state index in [4.69, 9.17) is 16.3 Å². The fourth-order valence-electron chi connectivity index (χ4n) is 2.43. The van der Waals surface area contributed by atoms with Crippen LogP contribution in [0.3, 0.4) is 0 Å². The number of aromatic nitrogens is 1. The third kappa shape index (κ3) is 2.17. The van der Waals surface area contributed by atoms with E-state index in [2.05, 4.69) is 4.98 Å². The van der Waals surface area contributed by atoms with Gasteiger partial charge in [0.2, 0.25) is 0 Å². The second-order valence-electron chi connectivity index (χ2n) is 4.75. The van der Waals surface area contributed by atoms with E-state index in [1.165, 1.54) is 13.2 Å². The van der Waals surface area contributed by atoms with Crippen LogP contribution in [0.1, 0.15) is 17.7 Å². The van der Waals surface area contributed by atoms with Crippen molar-refractivity contribution in [1.29, 1.82) is 0 Å². The summed E-state index contributed by atoms with van der Waals surface area (Å²) in [6, 6.07) is 1.79. The first-order chi connectivity index (χ1) is 10.0. The smallest absolute Gasteiger partial charge is 0.250 e. The molecule has 1 aromatic heterocycles. The highest BCUT2D eigenvalue weighted by Crippen LogP contribution is 2.26. The lowest BCUT2D eigenvalue weighted by molar-refractivity contribution is -0.427. The lowest BCUT2D eigenvalue weighted by atomic mass is 10.0. The zero-order chi connectivity index (χ0) is 15.1. The Bertz CT molecular complexity index is 839. The maximum atomic E-state index is 10.9. The number of hydrogen-bond acceptors (Lipinski definition) is 5. The van der Waals surface area contributed by atoms with Gasteiger partial charge in [0.25, 0.3) is 5.70 Å². The average molecular weight is 307 g/mol. The van der Waals surface area contributed by atoms with Gasteiger partial charge in [0.15, 0.2) is 0 Å². The van der Waals surface area contributed by atoms with E-state index in [0.29, 0.717) is 22.0 Å². The molecular formula is C14H11ClN2O4. The quantitative estimate of drug-likeness (QED) is 0.655. The first kappa shape index (κ1) is 13.6. The molecule has 1 N–H and O–H groups in total. The number of nitrogens with zero attached hydrogens (tertiary/aromatic N) is 2. The molecule has 1 aromatic rings. The van der Waals surface area contributed by atoms with Gasteiger partial charge in [0, 0.05) is 11.3 Å². The summed E-state index contributed by atoms with van der Waals surface area (Å²) in [6.45, 7) is 0. The average Bonchev–Trinajstić information content (AvgIpc) is 2.48. The lowest BCUT2D eigenvalue weighted by Gasteiger charge is -2.16. The van der Waals surface area contributed by atoms with E-state index in [0.717, 1.165) is 5.56 Å². The number of pyridine rings is 1. The Balaban J connectivity index is 2.28. The molecule has 0 aromatic carbocycles. The Morgan fingerprint density at radius 1 is 1.43 bits per heavy atom. The number of nitro groups is 1. The van der Waals surface area contributed by atoms with Crippen molar-refractivity contribution in [2.75, 3.05) is 7.11 Å². The Morgan fingerprint density at radius 3 is 2.86 bits per heavy atom. The Morgan fingerprint density at radius 2 is 2.19 bits per heavy atom. The van der Waals surface area contributed by atoms with Crippen molar-refractivity contribution in [3.05, 3.63) is 55.5 Å². The summed E-state index contributed by atoms with van der Waals surface area (Å²) in [5.74, 6) is 0.546. The molecule has 21 heavy (non-hydrogen) atoms. The van der Waals surface area contributed by atoms with Gasteiger partial charge < -0.3 is 9.84 Å². The number of hydrogen-bond donors (Lipinski definition) is 1. The minimum absolute atomic E-state index is 0.00537. The molecule has 0 aliphatic heterocycles. The van der Waals surface area contributed by atoms with E-state index in [1.807, 2.05) is 0 Å². The van der Waals surface area contributed by atoms with Crippen LogP contribution in [0.5, 0.6) is 0 Å². The molecule has 2 aliphatic carbocycles. The Hall–Kier alpha value is -2.34. The number of rotatable bonds is 2. The zero-order valence-electron chi connectivity index (χ0n) is 11.1. The third-order valence-corrected chi connectivity index (χ3v) is 3.91. The van der Waals surface area contributed by atoms with Gasteiger partial charge in [0.1, 0.15) is 16.6 Å². The Kier molecular flexibility index (Phi) is 3.17. The number of halogens is 1. The van der Waals surface area contributed by atoms with Crippen molar-refractivity contribution < 1.29 is 14.8 Å². The van der Waals surface area contributed by atoms with Gasteiger partial charge in [-0.3, -0.25) is 10.1 Å². The predicted molar refractivity (Wildman–Crippen MR) is 77.2 cm³/mol. The van der Waals surface area contributed by atoms with E-state index in [9.17, 15) is 15.2 Å². The van der Waals surface area contributed by atoms with Crippen LogP contribution in [0.25, 0.3) is 16.9 Å². The van der Waals surface area contributed by atoms with Crippen LogP contribution in [0.2, 0.25) is 0 Å². The summed E-state index contributed by atoms with van der Waals surface area (Å²) in [5.41, 5.74) is 1.29. The highest BCUT2D eigenvalue weighted by molar-refractivity contribution is 6.49. The fraction of sp³-hybridized carbons (Fsp3) is 0.214. The normalized spacial score (nSPS) is 16.7. The molecule has 1 heterocycles. The van der Waals surface area contributed by atoms with Crippen molar-refractivity contribution in [3.8, 4) is 0 Å². The SMILES string of the molecule is COC1=c2cc3c(nc2C(Cl)=C(O)C1)=CC=C([N+](=O)[O-])C3. The van der Waals surface area contributed by atoms with Gasteiger partial charge in [-0.25, -0.2) is 4.98 Å². The van der Waals surface area contributed by atoms with E-state index in [-0.39, 0.29) is 29.3 Å². The van der Waals surface area contributed by atoms with Crippen molar-refractivity contribution in [1.82, 2.24) is 4.98 Å². The van der Waals surface area contributed by atoms with Gasteiger partial charge >= 0.3 is 0 Å². The second-order valence-corrected chi connectivity index (χ2v) is 5.13. The van der Waals surface area contributed by atoms with Gasteiger partial charge in [-0.15, -0.1) is 0 Å². The molecule has 0 saturated carbocycles. The van der Waals surface area contributed by atoms with Crippen LogP contribution in [0, 0.1) is 10.1 Å². The number of fused-ring (bicyclic) bond motifs is 2. The molecule has 7 heteroatoms. The number of ether oxygens (including phenoxy) is 1. The van der Waals surface area contributed by atoms with Gasteiger partial charge in [-0.05, 0) is 17.7 Å². The summed E-state index contributed by atoms with van der Waals surface area (Å²) in [5, 5.41) is 22.2. The summed E-state index contributed by atoms with van der Waals surface area (Å²) < 4.78 is 5.27. The van der Waals surface area contributed by atoms with Gasteiger partial charge in [-0.1, -0.05) is 11.6 Å². The molecule has 0 amide bonds. The summed E-state index contributed by atoms with van der Waals surface area (Å²) >= 11 is 6.10. The number of aliphatic hydroxyl groups is 1. The molecule has 2 aliphatic rings. The molecule has 0 radical (unpaired) electrons. The van der Waals surface area contributed by atoms with Crippen molar-refractivity contribution >= 4 is 28.5 Å². The molecule has 0 bridgehead atoms. The third-order valence-electron chi connectivity index (χ3n) is 3.51. The largest absolute Gasteiger partial charge is 0.510 e. The first-order valence-corrected chi connectivity index (χ1v) is 6.59. The molecule has 0 atom stereocenters. The minimum atomic E-state index is -0.404. The van der Waals surface area contributed by atoms with Crippen LogP contribution in [-0.4, -0.2) is 22.1 Å². The van der Waals surface area contributed by atoms with E-state index >= 15 is 0 Å². The molecule has 3 rings (SSSR count). The summed E-state index contributed by atoms with van der Waals surface area (Å²) in [4.78, 5) is 14.9. The van der Waals surface area contributed by atoms with Crippen LogP contribution >= 0.6 is 11.6 Å². The molecule has 108 valence electrons. The first-order valence-electron chi connectivity index (χ1n) is 6.21. The number of aliphatic hydroxyl groups excluding tert-OH is 1. The van der Waals surface area contributed by atoms with Crippen LogP contribution < -0.4 is 10.6 Å². The van der Waals surface area contributed by atoms with Gasteiger partial charge in [0.05, 0.1) is 35.9 Å². The van der Waals surface area contributed by atoms with Crippen LogP contribution in [0.4, 0.5) is 0 Å². The molecule has 6 nitrogen and oxygen atoms in total. The molecule has 0 spiro atoms. The highest BCUT2D eigenvalue weighted by atomic mass is 35.5. The zero-order valence-corrected chi connectivity index (χ0v) is 11.8. The van der Waals surface area contributed by atoms with E-state index < -0.39 is 4.92 Å². The molecule has 0 saturated heterocycles. The molecule has 0 fully saturated rings. The van der Waals surface area contributed by atoms with Crippen molar-refractivity contribution in [2.45, 2.75) is 12.8 Å². The second kappa shape index (κ2) is 4.89. The predicted octanol–water partition coefficient (Wildman–Crippen LogP) is 1.20. The van der Waals surface area contributed by atoms with Crippen LogP contribution in [-0.2, 0) is 11.2 Å². The van der Waals surface area contributed by atoms with Crippen LogP contribution in [0.15, 0.2) is 23.6 Å². The van der Waals surface area contributed by atoms with E-state index in [1.54, 1.807) is 12.1 Å². The standard InChI is InChI=1S/C14H11ClN2O4/c1-21-12-6-11(18)13(15)14-9(12)5-7-4-8(17(19)20)2-3-10(7)16-14/h2-3,5,18H,4,6H2,1H3. The van der Waals surface area contributed by atoms with Gasteiger partial charge in [-0.2, -0.15) is 0 Å². The lowest BCUT2D eigenvalue weighted by Crippen LogP contribution is -2.30. The monoisotopic (exact) mass is 306 g/mol. The fourth-order valence-corrected chi connectivity index (χ4v) is 2.64. The summed E-state index contributed by atoms with van der Waals surface area (Å²) in [7, 11) is 1.50. The number of allylic oxidation sites excluding steroid dienone is 2. The van der Waals surface area contributed by atoms with Crippen molar-refractivity contribution in [2.24, 2.45) is 0 Å². The van der Waals surface area contributed by atoms with Crippen molar-refractivity contribution in [3.63, 3.8) is 0 Å². The minimum Gasteiger partial charge on any atom is -0.510 e. The molecular weight excluding hydrogens is 296 g/mol. The maximum Gasteiger partial charge on any atom is 0.250 e. The Labute approximate surface area is 124 Å². The molecule has 0 unspecified atom stereocenters. The maximum absolute atomic E-state index is 10.9. The topological polar surface area (TPSA) is 85.5 Å².